The van der Waals surface area contributed by atoms with Crippen LogP contribution >= 0.6 is 12.2 Å². The van der Waals surface area contributed by atoms with Crippen LogP contribution < -0.4 is 11.2 Å². The fourth-order valence-electron chi connectivity index (χ4n) is 0.658. The molecule has 0 aliphatic carbocycles. The van der Waals surface area contributed by atoms with Crippen LogP contribution in [0.2, 0.25) is 0 Å². The number of nitrogens with zero attached hydrogens (tertiary/aromatic N) is 1. The average molecular weight is 189 g/mol. The normalized spacial score (nSPS) is 11.0. The molecule has 0 fully saturated rings. The Kier molecular flexibility index (Phi) is 6.37. The topological polar surface area (TPSA) is 59.6 Å². The molecule has 0 aliphatic heterocycles. The lowest BCUT2D eigenvalue weighted by atomic mass is 10.3. The number of nitrogens with one attached hydrogen (secondary N) is 1. The van der Waals surface area contributed by atoms with Gasteiger partial charge in [-0.15, -0.1) is 5.10 Å². The van der Waals surface area contributed by atoms with E-state index in [0.717, 1.165) is 12.8 Å². The Morgan fingerprint density at radius 3 is 2.67 bits per heavy atom. The molecule has 0 radical (unpaired) electrons. The maximum absolute atomic E-state index is 5.21. The molecule has 4 nitrogen and oxygen atoms in total. The summed E-state index contributed by atoms with van der Waals surface area (Å²) in [7, 11) is 0. The smallest absolute Gasteiger partial charge is 0.206 e. The Labute approximate surface area is 78.2 Å². The van der Waals surface area contributed by atoms with Gasteiger partial charge >= 0.3 is 0 Å². The Morgan fingerprint density at radius 1 is 1.58 bits per heavy atom. The Morgan fingerprint density at radius 2 is 2.25 bits per heavy atom. The molecular weight excluding hydrogens is 174 g/mol. The molecular formula is C7H15N3OS. The van der Waals surface area contributed by atoms with Crippen LogP contribution in [0.5, 0.6) is 0 Å². The van der Waals surface area contributed by atoms with Crippen molar-refractivity contribution in [3.63, 3.8) is 0 Å². The number of rotatable bonds is 4. The third kappa shape index (κ3) is 5.91. The maximum atomic E-state index is 5.21. The van der Waals surface area contributed by atoms with Crippen molar-refractivity contribution in [2.45, 2.75) is 26.7 Å². The first kappa shape index (κ1) is 11.2. The molecule has 70 valence electrons. The minimum Gasteiger partial charge on any atom is -0.480 e. The molecule has 12 heavy (non-hydrogen) atoms. The van der Waals surface area contributed by atoms with Crippen LogP contribution in [-0.2, 0) is 4.74 Å². The first-order valence-electron chi connectivity index (χ1n) is 3.95. The van der Waals surface area contributed by atoms with Crippen LogP contribution in [0, 0.1) is 0 Å². The number of hydrogen-bond donors (Lipinski definition) is 2. The molecule has 0 saturated carbocycles. The van der Waals surface area contributed by atoms with Gasteiger partial charge in [-0.1, -0.05) is 6.92 Å². The van der Waals surface area contributed by atoms with Crippen molar-refractivity contribution in [3.8, 4) is 0 Å². The Hall–Kier alpha value is -0.840. The number of hydrogen-bond acceptors (Lipinski definition) is 3. The zero-order chi connectivity index (χ0) is 9.40. The van der Waals surface area contributed by atoms with E-state index in [1.54, 1.807) is 0 Å². The van der Waals surface area contributed by atoms with Gasteiger partial charge in [0.05, 0.1) is 6.61 Å². The maximum Gasteiger partial charge on any atom is 0.206 e. The summed E-state index contributed by atoms with van der Waals surface area (Å²) in [4.78, 5) is 0. The van der Waals surface area contributed by atoms with E-state index in [1.165, 1.54) is 0 Å². The summed E-state index contributed by atoms with van der Waals surface area (Å²) in [6.45, 7) is 4.57. The molecule has 0 saturated heterocycles. The minimum atomic E-state index is 0.156. The predicted molar refractivity (Wildman–Crippen MR) is 53.9 cm³/mol. The van der Waals surface area contributed by atoms with Gasteiger partial charge < -0.3 is 10.5 Å². The van der Waals surface area contributed by atoms with Gasteiger partial charge in [-0.2, -0.15) is 0 Å². The molecule has 0 atom stereocenters. The van der Waals surface area contributed by atoms with Crippen molar-refractivity contribution in [3.05, 3.63) is 0 Å². The average Bonchev–Trinajstić information content (AvgIpc) is 2.01. The van der Waals surface area contributed by atoms with Gasteiger partial charge in [0.2, 0.25) is 5.90 Å². The van der Waals surface area contributed by atoms with Gasteiger partial charge in [0.15, 0.2) is 5.11 Å². The summed E-state index contributed by atoms with van der Waals surface area (Å²) in [6, 6.07) is 0. The highest BCUT2D eigenvalue weighted by Crippen LogP contribution is 1.93. The van der Waals surface area contributed by atoms with Crippen LogP contribution in [0.4, 0.5) is 0 Å². The van der Waals surface area contributed by atoms with Crippen LogP contribution in [0.25, 0.3) is 0 Å². The lowest BCUT2D eigenvalue weighted by Crippen LogP contribution is -2.26. The second-order valence-electron chi connectivity index (χ2n) is 2.16. The molecule has 0 aromatic carbocycles. The number of nitrogens with two attached hydrogens (primary N) is 1. The highest BCUT2D eigenvalue weighted by molar-refractivity contribution is 7.80. The number of hydrazone groups is 1. The fraction of sp³-hybridized carbons (Fsp3) is 0.714. The lowest BCUT2D eigenvalue weighted by Gasteiger charge is -2.05. The highest BCUT2D eigenvalue weighted by Gasteiger charge is 1.96. The second kappa shape index (κ2) is 6.84. The molecule has 0 unspecified atom stereocenters. The second-order valence-corrected chi connectivity index (χ2v) is 2.60. The van der Waals surface area contributed by atoms with Crippen molar-refractivity contribution in [1.29, 1.82) is 0 Å². The van der Waals surface area contributed by atoms with Crippen LogP contribution in [0.15, 0.2) is 5.10 Å². The summed E-state index contributed by atoms with van der Waals surface area (Å²) in [5, 5.41) is 4.04. The number of ether oxygens (including phenoxy) is 1. The van der Waals surface area contributed by atoms with Gasteiger partial charge in [-0.05, 0) is 25.6 Å². The van der Waals surface area contributed by atoms with Gasteiger partial charge in [-0.3, -0.25) is 5.43 Å². The van der Waals surface area contributed by atoms with E-state index in [2.05, 4.69) is 29.7 Å². The summed E-state index contributed by atoms with van der Waals surface area (Å²) >= 11 is 4.59. The van der Waals surface area contributed by atoms with E-state index in [9.17, 15) is 0 Å². The molecule has 0 aromatic heterocycles. The molecule has 0 rings (SSSR count). The van der Waals surface area contributed by atoms with Crippen molar-refractivity contribution in [2.75, 3.05) is 6.61 Å². The lowest BCUT2D eigenvalue weighted by molar-refractivity contribution is 0.314. The van der Waals surface area contributed by atoms with Crippen LogP contribution in [-0.4, -0.2) is 17.6 Å². The van der Waals surface area contributed by atoms with Gasteiger partial charge in [0.1, 0.15) is 0 Å². The van der Waals surface area contributed by atoms with Gasteiger partial charge in [0.25, 0.3) is 0 Å². The van der Waals surface area contributed by atoms with E-state index in [1.807, 2.05) is 6.92 Å². The Balaban J connectivity index is 3.89. The van der Waals surface area contributed by atoms with Crippen molar-refractivity contribution in [2.24, 2.45) is 10.8 Å². The molecule has 0 aromatic rings. The van der Waals surface area contributed by atoms with Crippen LogP contribution in [0.1, 0.15) is 26.7 Å². The van der Waals surface area contributed by atoms with Gasteiger partial charge in [0, 0.05) is 6.42 Å². The summed E-state index contributed by atoms with van der Waals surface area (Å²) in [6.07, 6.45) is 1.78. The zero-order valence-corrected chi connectivity index (χ0v) is 8.28. The molecule has 5 heteroatoms. The van der Waals surface area contributed by atoms with E-state index in [0.29, 0.717) is 12.5 Å². The molecule has 0 heterocycles. The van der Waals surface area contributed by atoms with Crippen molar-refractivity contribution in [1.82, 2.24) is 5.43 Å². The minimum absolute atomic E-state index is 0.156. The molecule has 0 aliphatic rings. The fourth-order valence-corrected chi connectivity index (χ4v) is 0.704. The standard InChI is InChI=1S/C7H15N3OS/c1-3-5-6(11-4-2)9-10-7(8)12/h3-5H2,1-2H3,(H3,8,10,12)/b9-6+. The van der Waals surface area contributed by atoms with Crippen molar-refractivity contribution < 1.29 is 4.74 Å². The quantitative estimate of drug-likeness (QED) is 0.299. The summed E-state index contributed by atoms with van der Waals surface area (Å²) in [5.74, 6) is 0.646. The summed E-state index contributed by atoms with van der Waals surface area (Å²) < 4.78 is 5.21. The van der Waals surface area contributed by atoms with E-state index in [4.69, 9.17) is 10.5 Å². The predicted octanol–water partition coefficient (Wildman–Crippen LogP) is 0.970. The monoisotopic (exact) mass is 189 g/mol. The van der Waals surface area contributed by atoms with Gasteiger partial charge in [-0.25, -0.2) is 0 Å². The first-order valence-corrected chi connectivity index (χ1v) is 4.36. The summed E-state index contributed by atoms with van der Waals surface area (Å²) in [5.41, 5.74) is 7.68. The SMILES string of the molecule is CCC/C(=N\NC(N)=S)OCC. The third-order valence-electron chi connectivity index (χ3n) is 1.07. The van der Waals surface area contributed by atoms with Crippen molar-refractivity contribution >= 4 is 23.2 Å². The molecule has 0 bridgehead atoms. The van der Waals surface area contributed by atoms with E-state index < -0.39 is 0 Å². The first-order chi connectivity index (χ1) is 5.70. The van der Waals surface area contributed by atoms with E-state index in [-0.39, 0.29) is 5.11 Å². The number of thiocarbonyl (C=S) groups is 1. The molecule has 3 N–H and O–H groups in total. The zero-order valence-electron chi connectivity index (χ0n) is 7.46. The van der Waals surface area contributed by atoms with Crippen LogP contribution in [0.3, 0.4) is 0 Å². The largest absolute Gasteiger partial charge is 0.480 e. The molecule has 0 amide bonds. The highest BCUT2D eigenvalue weighted by atomic mass is 32.1. The van der Waals surface area contributed by atoms with E-state index >= 15 is 0 Å². The molecule has 0 spiro atoms. The third-order valence-corrected chi connectivity index (χ3v) is 1.16. The Bertz CT molecular complexity index is 162.